The molecule has 5 nitrogen and oxygen atoms in total. The lowest BCUT2D eigenvalue weighted by Gasteiger charge is -2.31. The number of nitrogens with zero attached hydrogens (tertiary/aromatic N) is 1. The number of alkyl carbamates (subject to hydrolysis) is 1. The molecular formula is C14H29N3O2. The molecule has 5 heteroatoms. The van der Waals surface area contributed by atoms with Gasteiger partial charge in [-0.2, -0.15) is 0 Å². The Bertz CT molecular complexity index is 285. The Labute approximate surface area is 116 Å². The maximum Gasteiger partial charge on any atom is 0.407 e. The van der Waals surface area contributed by atoms with Gasteiger partial charge in [-0.3, -0.25) is 4.90 Å². The van der Waals surface area contributed by atoms with Gasteiger partial charge in [-0.25, -0.2) is 4.79 Å². The minimum Gasteiger partial charge on any atom is -0.444 e. The number of amides is 1. The monoisotopic (exact) mass is 271 g/mol. The van der Waals surface area contributed by atoms with Crippen molar-refractivity contribution < 1.29 is 9.53 Å². The third-order valence-corrected chi connectivity index (χ3v) is 3.12. The summed E-state index contributed by atoms with van der Waals surface area (Å²) in [6.45, 7) is 9.92. The molecule has 0 aromatic carbocycles. The van der Waals surface area contributed by atoms with Crippen molar-refractivity contribution >= 4 is 6.09 Å². The van der Waals surface area contributed by atoms with E-state index in [0.29, 0.717) is 19.1 Å². The molecule has 112 valence electrons. The molecule has 1 aliphatic rings. The summed E-state index contributed by atoms with van der Waals surface area (Å²) in [6.07, 6.45) is 3.25. The highest BCUT2D eigenvalue weighted by Crippen LogP contribution is 2.28. The minimum atomic E-state index is -0.456. The molecule has 0 bridgehead atoms. The fourth-order valence-corrected chi connectivity index (χ4v) is 2.18. The van der Waals surface area contributed by atoms with Crippen LogP contribution in [0, 0.1) is 0 Å². The highest BCUT2D eigenvalue weighted by molar-refractivity contribution is 5.67. The molecule has 1 aliphatic carbocycles. The van der Waals surface area contributed by atoms with Crippen molar-refractivity contribution in [3.8, 4) is 0 Å². The summed E-state index contributed by atoms with van der Waals surface area (Å²) in [5.41, 5.74) is 5.39. The lowest BCUT2D eigenvalue weighted by atomic mass is 10.2. The maximum absolute atomic E-state index is 11.7. The van der Waals surface area contributed by atoms with Crippen LogP contribution in [0.2, 0.25) is 0 Å². The molecule has 0 saturated heterocycles. The third kappa shape index (κ3) is 6.25. The fraction of sp³-hybridized carbons (Fsp3) is 0.929. The summed E-state index contributed by atoms with van der Waals surface area (Å²) in [6, 6.07) is 0.869. The van der Waals surface area contributed by atoms with E-state index in [1.54, 1.807) is 0 Å². The number of rotatable bonds is 7. The summed E-state index contributed by atoms with van der Waals surface area (Å²) in [4.78, 5) is 14.1. The number of hydrogen-bond donors (Lipinski definition) is 2. The molecule has 19 heavy (non-hydrogen) atoms. The Morgan fingerprint density at radius 2 is 2.11 bits per heavy atom. The summed E-state index contributed by atoms with van der Waals surface area (Å²) in [5, 5.41) is 2.83. The van der Waals surface area contributed by atoms with Crippen molar-refractivity contribution in [2.45, 2.75) is 64.6 Å². The molecule has 1 fully saturated rings. The maximum atomic E-state index is 11.7. The fourth-order valence-electron chi connectivity index (χ4n) is 2.18. The molecule has 3 N–H and O–H groups in total. The van der Waals surface area contributed by atoms with E-state index < -0.39 is 5.60 Å². The first kappa shape index (κ1) is 16.2. The second kappa shape index (κ2) is 7.10. The summed E-state index contributed by atoms with van der Waals surface area (Å²) in [7, 11) is 0. The molecule has 1 rings (SSSR count). The van der Waals surface area contributed by atoms with Crippen LogP contribution < -0.4 is 11.1 Å². The Kier molecular flexibility index (Phi) is 6.07. The number of nitrogens with two attached hydrogens (primary N) is 1. The van der Waals surface area contributed by atoms with Gasteiger partial charge in [0.15, 0.2) is 0 Å². The zero-order valence-corrected chi connectivity index (χ0v) is 12.7. The normalized spacial score (nSPS) is 17.4. The first-order chi connectivity index (χ1) is 8.87. The standard InChI is InChI=1S/C14H29N3O2/c1-5-8-17(11-6-7-11)12(9-15)10-16-13(18)19-14(2,3)4/h11-12H,5-10,15H2,1-4H3,(H,16,18). The number of ether oxygens (including phenoxy) is 1. The Morgan fingerprint density at radius 3 is 2.53 bits per heavy atom. The van der Waals surface area contributed by atoms with E-state index in [1.165, 1.54) is 12.8 Å². The van der Waals surface area contributed by atoms with Crippen LogP contribution >= 0.6 is 0 Å². The van der Waals surface area contributed by atoms with Crippen LogP contribution in [0.1, 0.15) is 47.0 Å². The Hall–Kier alpha value is -0.810. The van der Waals surface area contributed by atoms with Crippen LogP contribution in [-0.4, -0.2) is 48.3 Å². The zero-order valence-electron chi connectivity index (χ0n) is 12.7. The lowest BCUT2D eigenvalue weighted by molar-refractivity contribution is 0.0506. The van der Waals surface area contributed by atoms with Crippen molar-refractivity contribution in [3.63, 3.8) is 0 Å². The number of nitrogens with one attached hydrogen (secondary N) is 1. The molecule has 0 heterocycles. The molecule has 1 atom stereocenters. The van der Waals surface area contributed by atoms with Gasteiger partial charge in [-0.1, -0.05) is 6.92 Å². The van der Waals surface area contributed by atoms with Gasteiger partial charge in [-0.15, -0.1) is 0 Å². The van der Waals surface area contributed by atoms with Crippen LogP contribution in [0.15, 0.2) is 0 Å². The highest BCUT2D eigenvalue weighted by Gasteiger charge is 2.33. The van der Waals surface area contributed by atoms with Gasteiger partial charge < -0.3 is 15.8 Å². The summed E-state index contributed by atoms with van der Waals surface area (Å²) >= 11 is 0. The number of carbonyl (C=O) groups excluding carboxylic acids is 1. The van der Waals surface area contributed by atoms with Crippen LogP contribution in [0.3, 0.4) is 0 Å². The first-order valence-corrected chi connectivity index (χ1v) is 7.30. The molecule has 0 aliphatic heterocycles. The smallest absolute Gasteiger partial charge is 0.407 e. The van der Waals surface area contributed by atoms with E-state index in [-0.39, 0.29) is 12.1 Å². The first-order valence-electron chi connectivity index (χ1n) is 7.30. The van der Waals surface area contributed by atoms with Crippen molar-refractivity contribution in [1.82, 2.24) is 10.2 Å². The topological polar surface area (TPSA) is 67.6 Å². The van der Waals surface area contributed by atoms with Crippen LogP contribution in [0.5, 0.6) is 0 Å². The van der Waals surface area contributed by atoms with Gasteiger partial charge in [0.25, 0.3) is 0 Å². The van der Waals surface area contributed by atoms with E-state index >= 15 is 0 Å². The summed E-state index contributed by atoms with van der Waals surface area (Å²) < 4.78 is 5.24. The number of hydrogen-bond acceptors (Lipinski definition) is 4. The second-order valence-corrected chi connectivity index (χ2v) is 6.24. The molecule has 0 aromatic heterocycles. The lowest BCUT2D eigenvalue weighted by Crippen LogP contribution is -2.50. The van der Waals surface area contributed by atoms with Gasteiger partial charge in [-0.05, 0) is 46.6 Å². The molecule has 1 amide bonds. The average molecular weight is 271 g/mol. The SMILES string of the molecule is CCCN(C1CC1)C(CN)CNC(=O)OC(C)(C)C. The van der Waals surface area contributed by atoms with Gasteiger partial charge in [0.05, 0.1) is 0 Å². The molecule has 1 unspecified atom stereocenters. The molecule has 1 saturated carbocycles. The van der Waals surface area contributed by atoms with Crippen molar-refractivity contribution in [1.29, 1.82) is 0 Å². The van der Waals surface area contributed by atoms with Crippen LogP contribution in [0.4, 0.5) is 4.79 Å². The van der Waals surface area contributed by atoms with Gasteiger partial charge in [0, 0.05) is 25.2 Å². The largest absolute Gasteiger partial charge is 0.444 e. The molecular weight excluding hydrogens is 242 g/mol. The van der Waals surface area contributed by atoms with Crippen LogP contribution in [0.25, 0.3) is 0 Å². The second-order valence-electron chi connectivity index (χ2n) is 6.24. The van der Waals surface area contributed by atoms with E-state index in [1.807, 2.05) is 20.8 Å². The Morgan fingerprint density at radius 1 is 1.47 bits per heavy atom. The van der Waals surface area contributed by atoms with Crippen molar-refractivity contribution in [3.05, 3.63) is 0 Å². The average Bonchev–Trinajstić information content (AvgIpc) is 3.09. The van der Waals surface area contributed by atoms with Gasteiger partial charge >= 0.3 is 6.09 Å². The number of carbonyl (C=O) groups is 1. The van der Waals surface area contributed by atoms with E-state index in [4.69, 9.17) is 10.5 Å². The third-order valence-electron chi connectivity index (χ3n) is 3.12. The molecule has 0 spiro atoms. The van der Waals surface area contributed by atoms with Gasteiger partial charge in [0.1, 0.15) is 5.60 Å². The summed E-state index contributed by atoms with van der Waals surface area (Å²) in [5.74, 6) is 0. The minimum absolute atomic E-state index is 0.208. The van der Waals surface area contributed by atoms with Gasteiger partial charge in [0.2, 0.25) is 0 Å². The van der Waals surface area contributed by atoms with E-state index in [0.717, 1.165) is 13.0 Å². The molecule has 0 radical (unpaired) electrons. The Balaban J connectivity index is 2.40. The predicted octanol–water partition coefficient (Wildman–Crippen LogP) is 1.71. The molecule has 0 aromatic rings. The predicted molar refractivity (Wildman–Crippen MR) is 77.1 cm³/mol. The van der Waals surface area contributed by atoms with Crippen molar-refractivity contribution in [2.24, 2.45) is 5.73 Å². The van der Waals surface area contributed by atoms with Crippen molar-refractivity contribution in [2.75, 3.05) is 19.6 Å². The quantitative estimate of drug-likeness (QED) is 0.740. The van der Waals surface area contributed by atoms with Crippen LogP contribution in [-0.2, 0) is 4.74 Å². The zero-order chi connectivity index (χ0) is 14.5. The highest BCUT2D eigenvalue weighted by atomic mass is 16.6. The van der Waals surface area contributed by atoms with E-state index in [9.17, 15) is 4.79 Å². The van der Waals surface area contributed by atoms with E-state index in [2.05, 4.69) is 17.1 Å².